The summed E-state index contributed by atoms with van der Waals surface area (Å²) in [6, 6.07) is 2.85. The highest BCUT2D eigenvalue weighted by molar-refractivity contribution is 7.89. The third-order valence-corrected chi connectivity index (χ3v) is 5.98. The van der Waals surface area contributed by atoms with Crippen molar-refractivity contribution in [3.8, 4) is 0 Å². The highest BCUT2D eigenvalue weighted by atomic mass is 32.2. The average Bonchev–Trinajstić information content (AvgIpc) is 3.05. The van der Waals surface area contributed by atoms with Gasteiger partial charge in [-0.1, -0.05) is 0 Å². The summed E-state index contributed by atoms with van der Waals surface area (Å²) in [6.07, 6.45) is 3.75. The maximum Gasteiger partial charge on any atom is 0.262 e. The first kappa shape index (κ1) is 18.5. The van der Waals surface area contributed by atoms with Gasteiger partial charge in [-0.15, -0.1) is 0 Å². The van der Waals surface area contributed by atoms with Crippen LogP contribution in [0.4, 0.5) is 14.5 Å². The number of anilines is 1. The van der Waals surface area contributed by atoms with E-state index in [1.165, 1.54) is 21.4 Å². The highest BCUT2D eigenvalue weighted by Crippen LogP contribution is 2.24. The minimum Gasteiger partial charge on any atom is -0.339 e. The molecule has 1 aliphatic heterocycles. The molecule has 3 rings (SSSR count). The lowest BCUT2D eigenvalue weighted by Crippen LogP contribution is -2.43. The summed E-state index contributed by atoms with van der Waals surface area (Å²) in [7, 11) is -2.13. The molecule has 0 saturated carbocycles. The van der Waals surface area contributed by atoms with Crippen molar-refractivity contribution in [3.05, 3.63) is 42.4 Å². The number of nitrogens with one attached hydrogen (secondary N) is 1. The smallest absolute Gasteiger partial charge is 0.262 e. The number of aryl methyl sites for hydroxylation is 1. The maximum atomic E-state index is 13.7. The molecule has 1 aliphatic rings. The van der Waals surface area contributed by atoms with Gasteiger partial charge in [-0.3, -0.25) is 4.79 Å². The predicted molar refractivity (Wildman–Crippen MR) is 89.7 cm³/mol. The summed E-state index contributed by atoms with van der Waals surface area (Å²) in [5.41, 5.74) is -0.138. The van der Waals surface area contributed by atoms with Crippen molar-refractivity contribution in [2.24, 2.45) is 13.0 Å². The Morgan fingerprint density at radius 1 is 1.35 bits per heavy atom. The van der Waals surface area contributed by atoms with Gasteiger partial charge in [0.25, 0.3) is 10.0 Å². The Kier molecular flexibility index (Phi) is 5.05. The van der Waals surface area contributed by atoms with Crippen LogP contribution in [-0.2, 0) is 21.9 Å². The second kappa shape index (κ2) is 7.12. The number of halogens is 2. The van der Waals surface area contributed by atoms with Gasteiger partial charge in [0.2, 0.25) is 5.91 Å². The quantitative estimate of drug-likeness (QED) is 0.870. The summed E-state index contributed by atoms with van der Waals surface area (Å²) >= 11 is 0. The molecule has 140 valence electrons. The molecule has 1 N–H and O–H groups in total. The van der Waals surface area contributed by atoms with Crippen LogP contribution in [0, 0.1) is 17.6 Å². The first-order valence-corrected chi connectivity index (χ1v) is 9.45. The molecule has 0 bridgehead atoms. The van der Waals surface area contributed by atoms with E-state index in [0.29, 0.717) is 18.9 Å². The molecule has 26 heavy (non-hydrogen) atoms. The van der Waals surface area contributed by atoms with Crippen LogP contribution in [0.25, 0.3) is 0 Å². The normalized spacial score (nSPS) is 18.7. The van der Waals surface area contributed by atoms with Crippen molar-refractivity contribution < 1.29 is 22.0 Å². The lowest BCUT2D eigenvalue weighted by Gasteiger charge is -2.30. The molecular formula is C16H18F2N4O3S. The maximum absolute atomic E-state index is 13.7. The Morgan fingerprint density at radius 3 is 2.77 bits per heavy atom. The number of sulfonamides is 1. The number of imidazole rings is 1. The fraction of sp³-hybridized carbons (Fsp3) is 0.375. The lowest BCUT2D eigenvalue weighted by atomic mass is 9.98. The number of nitrogens with zero attached hydrogens (tertiary/aromatic N) is 3. The van der Waals surface area contributed by atoms with Crippen molar-refractivity contribution >= 4 is 21.6 Å². The third-order valence-electron chi connectivity index (χ3n) is 4.23. The zero-order chi connectivity index (χ0) is 18.9. The molecule has 1 atom stereocenters. The number of benzene rings is 1. The number of carbonyl (C=O) groups is 1. The minimum atomic E-state index is -3.80. The second-order valence-electron chi connectivity index (χ2n) is 6.19. The van der Waals surface area contributed by atoms with Crippen molar-refractivity contribution in [2.45, 2.75) is 17.9 Å². The van der Waals surface area contributed by atoms with E-state index in [9.17, 15) is 22.0 Å². The summed E-state index contributed by atoms with van der Waals surface area (Å²) in [5, 5.41) is 2.32. The van der Waals surface area contributed by atoms with E-state index in [1.54, 1.807) is 7.05 Å². The molecule has 0 aliphatic carbocycles. The van der Waals surface area contributed by atoms with Crippen LogP contribution >= 0.6 is 0 Å². The molecule has 2 aromatic rings. The zero-order valence-corrected chi connectivity index (χ0v) is 14.8. The Bertz CT molecular complexity index is 929. The van der Waals surface area contributed by atoms with Crippen LogP contribution in [0.5, 0.6) is 0 Å². The number of aromatic nitrogens is 2. The number of hydrogen-bond acceptors (Lipinski definition) is 4. The Labute approximate surface area is 149 Å². The average molecular weight is 384 g/mol. The van der Waals surface area contributed by atoms with Gasteiger partial charge in [-0.25, -0.2) is 22.2 Å². The fourth-order valence-corrected chi connectivity index (χ4v) is 4.34. The molecule has 1 amide bonds. The van der Waals surface area contributed by atoms with Crippen LogP contribution in [-0.4, -0.2) is 41.3 Å². The summed E-state index contributed by atoms with van der Waals surface area (Å²) in [6.45, 7) is 0.265. The highest BCUT2D eigenvalue weighted by Gasteiger charge is 2.34. The van der Waals surface area contributed by atoms with Crippen molar-refractivity contribution in [1.29, 1.82) is 0 Å². The van der Waals surface area contributed by atoms with E-state index in [1.807, 2.05) is 0 Å². The summed E-state index contributed by atoms with van der Waals surface area (Å²) < 4.78 is 54.7. The van der Waals surface area contributed by atoms with Gasteiger partial charge >= 0.3 is 0 Å². The lowest BCUT2D eigenvalue weighted by molar-refractivity contribution is -0.120. The molecule has 1 fully saturated rings. The van der Waals surface area contributed by atoms with Crippen molar-refractivity contribution in [2.75, 3.05) is 18.4 Å². The van der Waals surface area contributed by atoms with E-state index < -0.39 is 33.5 Å². The molecule has 10 heteroatoms. The van der Waals surface area contributed by atoms with Crippen molar-refractivity contribution in [1.82, 2.24) is 13.9 Å². The Balaban J connectivity index is 1.72. The predicted octanol–water partition coefficient (Wildman–Crippen LogP) is 1.74. The zero-order valence-electron chi connectivity index (χ0n) is 14.0. The number of rotatable bonds is 4. The van der Waals surface area contributed by atoms with Gasteiger partial charge in [-0.2, -0.15) is 4.31 Å². The molecule has 1 saturated heterocycles. The topological polar surface area (TPSA) is 84.3 Å². The first-order valence-electron chi connectivity index (χ1n) is 8.01. The summed E-state index contributed by atoms with van der Waals surface area (Å²) in [4.78, 5) is 16.3. The van der Waals surface area contributed by atoms with Gasteiger partial charge < -0.3 is 9.88 Å². The minimum absolute atomic E-state index is 0.0203. The van der Waals surface area contributed by atoms with Gasteiger partial charge in [0.15, 0.2) is 5.03 Å². The molecule has 1 aromatic carbocycles. The molecule has 0 radical (unpaired) electrons. The summed E-state index contributed by atoms with van der Waals surface area (Å²) in [5.74, 6) is -2.76. The van der Waals surface area contributed by atoms with Crippen molar-refractivity contribution in [3.63, 3.8) is 0 Å². The Morgan fingerprint density at radius 2 is 2.12 bits per heavy atom. The van der Waals surface area contributed by atoms with Crippen LogP contribution in [0.15, 0.2) is 35.7 Å². The largest absolute Gasteiger partial charge is 0.339 e. The van der Waals surface area contributed by atoms with Crippen LogP contribution in [0.1, 0.15) is 12.8 Å². The van der Waals surface area contributed by atoms with E-state index in [-0.39, 0.29) is 23.8 Å². The van der Waals surface area contributed by atoms with E-state index in [0.717, 1.165) is 12.1 Å². The molecule has 7 nitrogen and oxygen atoms in total. The van der Waals surface area contributed by atoms with Crippen LogP contribution in [0.2, 0.25) is 0 Å². The SMILES string of the molecule is Cn1cnc(S(=O)(=O)N2CCC[C@H](C(=O)Nc3ccc(F)cc3F)C2)c1. The van der Waals surface area contributed by atoms with Gasteiger partial charge in [0.05, 0.1) is 17.9 Å². The molecular weight excluding hydrogens is 366 g/mol. The van der Waals surface area contributed by atoms with Gasteiger partial charge in [0, 0.05) is 32.4 Å². The number of carbonyl (C=O) groups excluding carboxylic acids is 1. The number of piperidine rings is 1. The van der Waals surface area contributed by atoms with Crippen LogP contribution in [0.3, 0.4) is 0 Å². The molecule has 0 unspecified atom stereocenters. The van der Waals surface area contributed by atoms with Gasteiger partial charge in [-0.05, 0) is 25.0 Å². The Hall–Kier alpha value is -2.33. The second-order valence-corrected chi connectivity index (χ2v) is 8.08. The first-order chi connectivity index (χ1) is 12.3. The fourth-order valence-electron chi connectivity index (χ4n) is 2.85. The van der Waals surface area contributed by atoms with Crippen LogP contribution < -0.4 is 5.32 Å². The van der Waals surface area contributed by atoms with E-state index in [4.69, 9.17) is 0 Å². The van der Waals surface area contributed by atoms with E-state index in [2.05, 4.69) is 10.3 Å². The number of amides is 1. The standard InChI is InChI=1S/C16H18F2N4O3S/c1-21-9-15(19-10-21)26(24,25)22-6-2-3-11(8-22)16(23)20-14-5-4-12(17)7-13(14)18/h4-5,7,9-11H,2-3,6,8H2,1H3,(H,20,23)/t11-/m0/s1. The van der Waals surface area contributed by atoms with Gasteiger partial charge in [0.1, 0.15) is 11.6 Å². The molecule has 1 aromatic heterocycles. The third kappa shape index (κ3) is 3.75. The monoisotopic (exact) mass is 384 g/mol. The van der Waals surface area contributed by atoms with E-state index >= 15 is 0 Å². The molecule has 2 heterocycles. The molecule has 0 spiro atoms. The number of hydrogen-bond donors (Lipinski definition) is 1.